The van der Waals surface area contributed by atoms with Gasteiger partial charge < -0.3 is 14.2 Å². The molecule has 0 radical (unpaired) electrons. The molecule has 2 aromatic rings. The monoisotopic (exact) mass is 355 g/mol. The third-order valence-corrected chi connectivity index (χ3v) is 6.31. The number of rotatable bonds is 5. The van der Waals surface area contributed by atoms with Crippen LogP contribution in [0, 0.1) is 6.92 Å². The molecule has 0 bridgehead atoms. The van der Waals surface area contributed by atoms with Crippen molar-refractivity contribution in [2.45, 2.75) is 45.2 Å². The zero-order valence-corrected chi connectivity index (χ0v) is 16.4. The SMILES string of the molecule is Cc1nc2ccccn2c1CN1CCCC[C@@H]1CCN1CCN(C)CC1. The Kier molecular flexibility index (Phi) is 5.57. The van der Waals surface area contributed by atoms with E-state index in [-0.39, 0.29) is 0 Å². The van der Waals surface area contributed by atoms with Gasteiger partial charge in [-0.1, -0.05) is 12.5 Å². The fourth-order valence-corrected chi connectivity index (χ4v) is 4.55. The Labute approximate surface area is 157 Å². The number of piperidine rings is 1. The molecule has 2 aromatic heterocycles. The highest BCUT2D eigenvalue weighted by molar-refractivity contribution is 5.42. The second-order valence-electron chi connectivity index (χ2n) is 8.13. The predicted molar refractivity (Wildman–Crippen MR) is 107 cm³/mol. The Morgan fingerprint density at radius 3 is 2.77 bits per heavy atom. The van der Waals surface area contributed by atoms with E-state index in [0.29, 0.717) is 0 Å². The zero-order valence-electron chi connectivity index (χ0n) is 16.4. The fourth-order valence-electron chi connectivity index (χ4n) is 4.55. The second kappa shape index (κ2) is 8.07. The lowest BCUT2D eigenvalue weighted by Gasteiger charge is -2.38. The maximum Gasteiger partial charge on any atom is 0.137 e. The number of hydrogen-bond acceptors (Lipinski definition) is 4. The Morgan fingerprint density at radius 1 is 1.08 bits per heavy atom. The molecular weight excluding hydrogens is 322 g/mol. The summed E-state index contributed by atoms with van der Waals surface area (Å²) in [5.74, 6) is 0. The smallest absolute Gasteiger partial charge is 0.137 e. The molecule has 0 aromatic carbocycles. The van der Waals surface area contributed by atoms with E-state index >= 15 is 0 Å². The molecule has 1 atom stereocenters. The third-order valence-electron chi connectivity index (χ3n) is 6.31. The van der Waals surface area contributed by atoms with E-state index in [4.69, 9.17) is 4.98 Å². The number of piperazine rings is 1. The topological polar surface area (TPSA) is 27.0 Å². The summed E-state index contributed by atoms with van der Waals surface area (Å²) in [7, 11) is 2.23. The minimum Gasteiger partial charge on any atom is -0.304 e. The minimum absolute atomic E-state index is 0.720. The number of likely N-dealkylation sites (N-methyl/N-ethyl adjacent to an activating group) is 1. The van der Waals surface area contributed by atoms with Crippen LogP contribution in [0.25, 0.3) is 5.65 Å². The van der Waals surface area contributed by atoms with Crippen LogP contribution in [0.2, 0.25) is 0 Å². The standard InChI is InChI=1S/C21H33N5/c1-18-20(26-11-6-4-8-21(26)22-18)17-25-10-5-3-7-19(25)9-12-24-15-13-23(2)14-16-24/h4,6,8,11,19H,3,5,7,9-10,12-17H2,1-2H3/t19-/m1/s1. The summed E-state index contributed by atoms with van der Waals surface area (Å²) >= 11 is 0. The van der Waals surface area contributed by atoms with Crippen LogP contribution in [0.4, 0.5) is 0 Å². The fraction of sp³-hybridized carbons (Fsp3) is 0.667. The lowest BCUT2D eigenvalue weighted by Crippen LogP contribution is -2.47. The second-order valence-corrected chi connectivity index (χ2v) is 8.13. The van der Waals surface area contributed by atoms with Crippen molar-refractivity contribution >= 4 is 5.65 Å². The number of imidazole rings is 1. The van der Waals surface area contributed by atoms with Gasteiger partial charge in [-0.15, -0.1) is 0 Å². The molecule has 0 unspecified atom stereocenters. The largest absolute Gasteiger partial charge is 0.304 e. The third kappa shape index (κ3) is 3.95. The van der Waals surface area contributed by atoms with Gasteiger partial charge in [0, 0.05) is 45.0 Å². The average Bonchev–Trinajstić information content (AvgIpc) is 2.98. The molecule has 0 aliphatic carbocycles. The molecule has 0 N–H and O–H groups in total. The minimum atomic E-state index is 0.720. The first-order valence-corrected chi connectivity index (χ1v) is 10.3. The highest BCUT2D eigenvalue weighted by atomic mass is 15.3. The molecule has 2 saturated heterocycles. The molecule has 26 heavy (non-hydrogen) atoms. The van der Waals surface area contributed by atoms with Crippen molar-refractivity contribution in [3.63, 3.8) is 0 Å². The van der Waals surface area contributed by atoms with E-state index in [0.717, 1.165) is 18.2 Å². The Hall–Kier alpha value is -1.43. The summed E-state index contributed by atoms with van der Waals surface area (Å²) in [6.07, 6.45) is 7.54. The van der Waals surface area contributed by atoms with Crippen molar-refractivity contribution in [1.82, 2.24) is 24.1 Å². The van der Waals surface area contributed by atoms with Crippen LogP contribution in [-0.4, -0.2) is 76.4 Å². The summed E-state index contributed by atoms with van der Waals surface area (Å²) in [6, 6.07) is 7.01. The van der Waals surface area contributed by atoms with Crippen LogP contribution in [0.15, 0.2) is 24.4 Å². The summed E-state index contributed by atoms with van der Waals surface area (Å²) < 4.78 is 2.28. The molecule has 142 valence electrons. The molecule has 2 aliphatic rings. The van der Waals surface area contributed by atoms with Crippen LogP contribution >= 0.6 is 0 Å². The van der Waals surface area contributed by atoms with E-state index < -0.39 is 0 Å². The molecule has 2 fully saturated rings. The van der Waals surface area contributed by atoms with Crippen LogP contribution in [0.5, 0.6) is 0 Å². The maximum atomic E-state index is 4.75. The molecule has 5 heteroatoms. The van der Waals surface area contributed by atoms with Crippen molar-refractivity contribution in [2.24, 2.45) is 0 Å². The van der Waals surface area contributed by atoms with Gasteiger partial charge in [-0.3, -0.25) is 4.90 Å². The number of aromatic nitrogens is 2. The number of hydrogen-bond donors (Lipinski definition) is 0. The Bertz CT molecular complexity index is 716. The van der Waals surface area contributed by atoms with Gasteiger partial charge in [-0.2, -0.15) is 0 Å². The molecule has 4 heterocycles. The average molecular weight is 356 g/mol. The first-order chi connectivity index (χ1) is 12.7. The van der Waals surface area contributed by atoms with E-state index in [1.807, 2.05) is 0 Å². The number of pyridine rings is 1. The Balaban J connectivity index is 1.41. The van der Waals surface area contributed by atoms with Gasteiger partial charge >= 0.3 is 0 Å². The molecule has 2 aliphatic heterocycles. The lowest BCUT2D eigenvalue weighted by atomic mass is 9.98. The summed E-state index contributed by atoms with van der Waals surface area (Å²) in [5, 5.41) is 0. The van der Waals surface area contributed by atoms with Gasteiger partial charge in [-0.05, 0) is 58.5 Å². The van der Waals surface area contributed by atoms with Gasteiger partial charge in [-0.25, -0.2) is 4.98 Å². The quantitative estimate of drug-likeness (QED) is 0.824. The number of likely N-dealkylation sites (tertiary alicyclic amines) is 1. The first kappa shape index (κ1) is 18.0. The van der Waals surface area contributed by atoms with Crippen molar-refractivity contribution in [3.05, 3.63) is 35.8 Å². The highest BCUT2D eigenvalue weighted by Gasteiger charge is 2.25. The molecule has 5 nitrogen and oxygen atoms in total. The van der Waals surface area contributed by atoms with E-state index in [1.165, 1.54) is 76.3 Å². The van der Waals surface area contributed by atoms with Gasteiger partial charge in [0.1, 0.15) is 5.65 Å². The van der Waals surface area contributed by atoms with Crippen LogP contribution in [-0.2, 0) is 6.54 Å². The number of nitrogens with zero attached hydrogens (tertiary/aromatic N) is 5. The van der Waals surface area contributed by atoms with Crippen LogP contribution < -0.4 is 0 Å². The highest BCUT2D eigenvalue weighted by Crippen LogP contribution is 2.24. The van der Waals surface area contributed by atoms with Crippen molar-refractivity contribution in [2.75, 3.05) is 46.3 Å². The molecule has 0 spiro atoms. The van der Waals surface area contributed by atoms with Crippen molar-refractivity contribution in [3.8, 4) is 0 Å². The van der Waals surface area contributed by atoms with Gasteiger partial charge in [0.2, 0.25) is 0 Å². The van der Waals surface area contributed by atoms with Crippen molar-refractivity contribution < 1.29 is 0 Å². The number of aryl methyl sites for hydroxylation is 1. The molecule has 0 saturated carbocycles. The molecule has 0 amide bonds. The summed E-state index contributed by atoms with van der Waals surface area (Å²) in [6.45, 7) is 10.6. The molecular formula is C21H33N5. The number of fused-ring (bicyclic) bond motifs is 1. The zero-order chi connectivity index (χ0) is 17.9. The van der Waals surface area contributed by atoms with E-state index in [9.17, 15) is 0 Å². The molecule has 4 rings (SSSR count). The lowest BCUT2D eigenvalue weighted by molar-refractivity contribution is 0.100. The summed E-state index contributed by atoms with van der Waals surface area (Å²) in [4.78, 5) is 12.6. The van der Waals surface area contributed by atoms with Crippen LogP contribution in [0.3, 0.4) is 0 Å². The van der Waals surface area contributed by atoms with E-state index in [2.05, 4.69) is 57.5 Å². The van der Waals surface area contributed by atoms with Crippen molar-refractivity contribution in [1.29, 1.82) is 0 Å². The van der Waals surface area contributed by atoms with Gasteiger partial charge in [0.05, 0.1) is 11.4 Å². The Morgan fingerprint density at radius 2 is 1.92 bits per heavy atom. The predicted octanol–water partition coefficient (Wildman–Crippen LogP) is 2.63. The first-order valence-electron chi connectivity index (χ1n) is 10.3. The normalized spacial score (nSPS) is 23.7. The summed E-state index contributed by atoms with van der Waals surface area (Å²) in [5.41, 5.74) is 3.62. The maximum absolute atomic E-state index is 4.75. The van der Waals surface area contributed by atoms with E-state index in [1.54, 1.807) is 0 Å². The van der Waals surface area contributed by atoms with Crippen LogP contribution in [0.1, 0.15) is 37.1 Å². The van der Waals surface area contributed by atoms with Gasteiger partial charge in [0.15, 0.2) is 0 Å². The van der Waals surface area contributed by atoms with Gasteiger partial charge in [0.25, 0.3) is 0 Å².